The molecule has 17 heavy (non-hydrogen) atoms. The molecule has 0 saturated heterocycles. The number of para-hydroxylation sites is 1. The summed E-state index contributed by atoms with van der Waals surface area (Å²) in [6, 6.07) is 14.0. The van der Waals surface area contributed by atoms with Gasteiger partial charge in [-0.05, 0) is 23.8 Å². The van der Waals surface area contributed by atoms with Crippen LogP contribution in [0.15, 0.2) is 46.9 Å². The summed E-state index contributed by atoms with van der Waals surface area (Å²) in [5.74, 6) is 1.50. The first-order valence-electron chi connectivity index (χ1n) is 5.23. The van der Waals surface area contributed by atoms with Crippen molar-refractivity contribution in [2.24, 2.45) is 0 Å². The minimum Gasteiger partial charge on any atom is -0.493 e. The van der Waals surface area contributed by atoms with Crippen molar-refractivity contribution in [3.05, 3.63) is 46.9 Å². The lowest BCUT2D eigenvalue weighted by Gasteiger charge is -2.12. The summed E-state index contributed by atoms with van der Waals surface area (Å²) in [6.45, 7) is 0. The van der Waals surface area contributed by atoms with Gasteiger partial charge in [0.2, 0.25) is 0 Å². The summed E-state index contributed by atoms with van der Waals surface area (Å²) in [6.07, 6.45) is 0. The molecule has 0 amide bonds. The van der Waals surface area contributed by atoms with E-state index in [0.717, 1.165) is 27.1 Å². The van der Waals surface area contributed by atoms with Crippen molar-refractivity contribution >= 4 is 15.9 Å². The van der Waals surface area contributed by atoms with E-state index in [1.165, 1.54) is 0 Å². The van der Waals surface area contributed by atoms with Gasteiger partial charge in [-0.25, -0.2) is 0 Å². The lowest BCUT2D eigenvalue weighted by Crippen LogP contribution is -1.92. The number of halogens is 1. The van der Waals surface area contributed by atoms with Crippen LogP contribution in [0.4, 0.5) is 0 Å². The second-order valence-electron chi connectivity index (χ2n) is 3.55. The first-order chi connectivity index (χ1) is 8.26. The van der Waals surface area contributed by atoms with E-state index in [0.29, 0.717) is 0 Å². The first kappa shape index (κ1) is 12.0. The molecule has 0 heterocycles. The van der Waals surface area contributed by atoms with Gasteiger partial charge >= 0.3 is 0 Å². The SMILES string of the molecule is COc1cccc(-c2ccc(Br)cc2)c1OC. The Hall–Kier alpha value is -1.48. The number of rotatable bonds is 3. The van der Waals surface area contributed by atoms with Gasteiger partial charge in [0.25, 0.3) is 0 Å². The van der Waals surface area contributed by atoms with E-state index in [9.17, 15) is 0 Å². The molecule has 2 rings (SSSR count). The molecule has 0 radical (unpaired) electrons. The smallest absolute Gasteiger partial charge is 0.168 e. The van der Waals surface area contributed by atoms with Gasteiger partial charge in [-0.3, -0.25) is 0 Å². The molecule has 2 aromatic rings. The maximum absolute atomic E-state index is 5.42. The van der Waals surface area contributed by atoms with Crippen LogP contribution < -0.4 is 9.47 Å². The maximum atomic E-state index is 5.42. The fraction of sp³-hybridized carbons (Fsp3) is 0.143. The molecule has 2 nitrogen and oxygen atoms in total. The Bertz CT molecular complexity index is 506. The fourth-order valence-electron chi connectivity index (χ4n) is 1.74. The molecule has 2 aromatic carbocycles. The van der Waals surface area contributed by atoms with Crippen LogP contribution in [0.25, 0.3) is 11.1 Å². The number of benzene rings is 2. The molecule has 0 fully saturated rings. The average Bonchev–Trinajstić information content (AvgIpc) is 2.38. The van der Waals surface area contributed by atoms with Gasteiger partial charge < -0.3 is 9.47 Å². The minimum atomic E-state index is 0.743. The number of ether oxygens (including phenoxy) is 2. The lowest BCUT2D eigenvalue weighted by atomic mass is 10.0. The van der Waals surface area contributed by atoms with Gasteiger partial charge in [0.1, 0.15) is 0 Å². The molecule has 0 bridgehead atoms. The molecule has 0 aromatic heterocycles. The maximum Gasteiger partial charge on any atom is 0.168 e. The summed E-state index contributed by atoms with van der Waals surface area (Å²) in [7, 11) is 3.30. The van der Waals surface area contributed by atoms with Gasteiger partial charge in [0.15, 0.2) is 11.5 Å². The summed E-state index contributed by atoms with van der Waals surface area (Å²) in [5.41, 5.74) is 2.13. The molecule has 0 aliphatic rings. The van der Waals surface area contributed by atoms with E-state index < -0.39 is 0 Å². The fourth-order valence-corrected chi connectivity index (χ4v) is 2.01. The average molecular weight is 293 g/mol. The molecule has 3 heteroatoms. The zero-order valence-electron chi connectivity index (χ0n) is 9.74. The standard InChI is InChI=1S/C14H13BrO2/c1-16-13-5-3-4-12(14(13)17-2)10-6-8-11(15)9-7-10/h3-9H,1-2H3. The van der Waals surface area contributed by atoms with E-state index in [2.05, 4.69) is 15.9 Å². The molecular weight excluding hydrogens is 280 g/mol. The van der Waals surface area contributed by atoms with Gasteiger partial charge in [0.05, 0.1) is 14.2 Å². The summed E-state index contributed by atoms with van der Waals surface area (Å²) >= 11 is 3.43. The van der Waals surface area contributed by atoms with E-state index in [4.69, 9.17) is 9.47 Å². The Labute approximate surface area is 109 Å². The van der Waals surface area contributed by atoms with Crippen LogP contribution in [-0.4, -0.2) is 14.2 Å². The van der Waals surface area contributed by atoms with Crippen LogP contribution in [0, 0.1) is 0 Å². The molecule has 0 N–H and O–H groups in total. The molecule has 0 saturated carbocycles. The Morgan fingerprint density at radius 3 is 2.18 bits per heavy atom. The summed E-state index contributed by atoms with van der Waals surface area (Å²) < 4.78 is 11.8. The highest BCUT2D eigenvalue weighted by atomic mass is 79.9. The highest BCUT2D eigenvalue weighted by Crippen LogP contribution is 2.37. The van der Waals surface area contributed by atoms with E-state index in [1.807, 2.05) is 42.5 Å². The Kier molecular flexibility index (Phi) is 3.69. The molecule has 0 spiro atoms. The Morgan fingerprint density at radius 2 is 1.59 bits per heavy atom. The van der Waals surface area contributed by atoms with Crippen LogP contribution in [0.1, 0.15) is 0 Å². The second-order valence-corrected chi connectivity index (χ2v) is 4.46. The van der Waals surface area contributed by atoms with Crippen LogP contribution in [0.2, 0.25) is 0 Å². The number of hydrogen-bond acceptors (Lipinski definition) is 2. The third-order valence-corrected chi connectivity index (χ3v) is 3.09. The zero-order valence-corrected chi connectivity index (χ0v) is 11.3. The second kappa shape index (κ2) is 5.23. The molecule has 88 valence electrons. The van der Waals surface area contributed by atoms with Crippen molar-refractivity contribution in [2.75, 3.05) is 14.2 Å². The molecule has 0 aliphatic heterocycles. The van der Waals surface area contributed by atoms with E-state index in [-0.39, 0.29) is 0 Å². The number of hydrogen-bond donors (Lipinski definition) is 0. The molecule has 0 unspecified atom stereocenters. The largest absolute Gasteiger partial charge is 0.493 e. The third-order valence-electron chi connectivity index (χ3n) is 2.56. The Balaban J connectivity index is 2.54. The predicted octanol–water partition coefficient (Wildman–Crippen LogP) is 4.13. The van der Waals surface area contributed by atoms with E-state index >= 15 is 0 Å². The van der Waals surface area contributed by atoms with Gasteiger partial charge in [-0.15, -0.1) is 0 Å². The van der Waals surface area contributed by atoms with Crippen molar-refractivity contribution in [3.63, 3.8) is 0 Å². The lowest BCUT2D eigenvalue weighted by molar-refractivity contribution is 0.356. The monoisotopic (exact) mass is 292 g/mol. The highest BCUT2D eigenvalue weighted by molar-refractivity contribution is 9.10. The van der Waals surface area contributed by atoms with Gasteiger partial charge in [-0.2, -0.15) is 0 Å². The molecular formula is C14H13BrO2. The molecule has 0 atom stereocenters. The third kappa shape index (κ3) is 2.44. The van der Waals surface area contributed by atoms with E-state index in [1.54, 1.807) is 14.2 Å². The Morgan fingerprint density at radius 1 is 0.882 bits per heavy atom. The van der Waals surface area contributed by atoms with Crippen molar-refractivity contribution in [2.45, 2.75) is 0 Å². The first-order valence-corrected chi connectivity index (χ1v) is 6.02. The van der Waals surface area contributed by atoms with Gasteiger partial charge in [0, 0.05) is 10.0 Å². The van der Waals surface area contributed by atoms with Crippen molar-refractivity contribution in [1.82, 2.24) is 0 Å². The predicted molar refractivity (Wildman–Crippen MR) is 72.7 cm³/mol. The van der Waals surface area contributed by atoms with Crippen molar-refractivity contribution in [3.8, 4) is 22.6 Å². The summed E-state index contributed by atoms with van der Waals surface area (Å²) in [4.78, 5) is 0. The van der Waals surface area contributed by atoms with Crippen LogP contribution in [0.5, 0.6) is 11.5 Å². The van der Waals surface area contributed by atoms with Crippen molar-refractivity contribution in [1.29, 1.82) is 0 Å². The van der Waals surface area contributed by atoms with Crippen LogP contribution >= 0.6 is 15.9 Å². The zero-order chi connectivity index (χ0) is 12.3. The van der Waals surface area contributed by atoms with Crippen molar-refractivity contribution < 1.29 is 9.47 Å². The number of methoxy groups -OCH3 is 2. The minimum absolute atomic E-state index is 0.743. The normalized spacial score (nSPS) is 10.1. The quantitative estimate of drug-likeness (QED) is 0.847. The van der Waals surface area contributed by atoms with Gasteiger partial charge in [-0.1, -0.05) is 40.2 Å². The summed E-state index contributed by atoms with van der Waals surface area (Å²) in [5, 5.41) is 0. The van der Waals surface area contributed by atoms with Crippen LogP contribution in [-0.2, 0) is 0 Å². The topological polar surface area (TPSA) is 18.5 Å². The highest BCUT2D eigenvalue weighted by Gasteiger charge is 2.10. The van der Waals surface area contributed by atoms with Crippen LogP contribution in [0.3, 0.4) is 0 Å². The molecule has 0 aliphatic carbocycles.